The van der Waals surface area contributed by atoms with Crippen LogP contribution in [-0.4, -0.2) is 32.5 Å². The van der Waals surface area contributed by atoms with E-state index in [0.717, 1.165) is 5.56 Å². The summed E-state index contributed by atoms with van der Waals surface area (Å²) in [6.07, 6.45) is -5.87. The predicted molar refractivity (Wildman–Crippen MR) is 124 cm³/mol. The highest BCUT2D eigenvalue weighted by molar-refractivity contribution is 6.31. The molecule has 11 heteroatoms. The van der Waals surface area contributed by atoms with Crippen LogP contribution in [0.5, 0.6) is 0 Å². The number of alkyl halides is 3. The van der Waals surface area contributed by atoms with Crippen LogP contribution in [0.15, 0.2) is 48.5 Å². The Hall–Kier alpha value is -3.08. The Kier molecular flexibility index (Phi) is 7.07. The Balaban J connectivity index is 1.68. The van der Waals surface area contributed by atoms with Gasteiger partial charge in [0.25, 0.3) is 0 Å². The van der Waals surface area contributed by atoms with Gasteiger partial charge in [-0.2, -0.15) is 18.3 Å². The number of aromatic carboxylic acids is 1. The molecule has 0 aliphatic carbocycles. The molecule has 1 aliphatic heterocycles. The smallest absolute Gasteiger partial charge is 0.435 e. The van der Waals surface area contributed by atoms with E-state index in [2.05, 4.69) is 10.4 Å². The first-order valence-corrected chi connectivity index (χ1v) is 11.4. The van der Waals surface area contributed by atoms with Gasteiger partial charge in [0.1, 0.15) is 12.0 Å². The molecule has 4 rings (SSSR count). The number of carbonyl (C=O) groups is 1. The molecule has 2 aromatic carbocycles. The first-order chi connectivity index (χ1) is 16.6. The zero-order valence-corrected chi connectivity index (χ0v) is 19.5. The summed E-state index contributed by atoms with van der Waals surface area (Å²) < 4.78 is 43.2. The second-order valence-electron chi connectivity index (χ2n) is 8.39. The Bertz CT molecular complexity index is 1210. The van der Waals surface area contributed by atoms with E-state index >= 15 is 0 Å². The van der Waals surface area contributed by atoms with E-state index in [1.165, 1.54) is 16.8 Å². The molecule has 0 saturated heterocycles. The zero-order valence-electron chi connectivity index (χ0n) is 18.8. The van der Waals surface area contributed by atoms with Crippen molar-refractivity contribution in [3.05, 3.63) is 81.5 Å². The number of fused-ring (bicyclic) bond motifs is 1. The number of anilines is 1. The molecule has 0 amide bonds. The molecule has 0 radical (unpaired) electrons. The van der Waals surface area contributed by atoms with Gasteiger partial charge in [0.2, 0.25) is 0 Å². The largest absolute Gasteiger partial charge is 0.478 e. The number of rotatable bonds is 7. The van der Waals surface area contributed by atoms with E-state index in [1.54, 1.807) is 48.2 Å². The standard InChI is InChI=1S/C24H24ClF3N4O3/c1-14(15-7-9-16(10-8-15)23(34)35)29-21(33)19-20(24(26,27)28)30-32-12-4-11-31(22(19)32)13-17-5-2-3-6-18(17)25/h2-3,5-10,14,21,29,33H,4,11-13H2,1H3,(H,34,35)/t14-,21?/m0/s1. The summed E-state index contributed by atoms with van der Waals surface area (Å²) in [5, 5.41) is 27.2. The quantitative estimate of drug-likeness (QED) is 0.389. The lowest BCUT2D eigenvalue weighted by Gasteiger charge is -2.32. The van der Waals surface area contributed by atoms with E-state index in [-0.39, 0.29) is 30.0 Å². The van der Waals surface area contributed by atoms with Crippen LogP contribution in [0, 0.1) is 0 Å². The second-order valence-corrected chi connectivity index (χ2v) is 8.80. The lowest BCUT2D eigenvalue weighted by atomic mass is 10.0. The number of nitrogens with one attached hydrogen (secondary N) is 1. The van der Waals surface area contributed by atoms with Crippen molar-refractivity contribution in [1.82, 2.24) is 15.1 Å². The van der Waals surface area contributed by atoms with Gasteiger partial charge >= 0.3 is 12.1 Å². The Labute approximate surface area is 204 Å². The lowest BCUT2D eigenvalue weighted by Crippen LogP contribution is -2.34. The number of halogens is 4. The lowest BCUT2D eigenvalue weighted by molar-refractivity contribution is -0.143. The highest BCUT2D eigenvalue weighted by Gasteiger charge is 2.43. The van der Waals surface area contributed by atoms with Crippen molar-refractivity contribution in [2.24, 2.45) is 0 Å². The fourth-order valence-electron chi connectivity index (χ4n) is 4.25. The van der Waals surface area contributed by atoms with Crippen LogP contribution in [0.25, 0.3) is 0 Å². The molecular formula is C24H24ClF3N4O3. The third-order valence-corrected chi connectivity index (χ3v) is 6.35. The van der Waals surface area contributed by atoms with Crippen LogP contribution in [0.2, 0.25) is 5.02 Å². The van der Waals surface area contributed by atoms with Crippen LogP contribution < -0.4 is 10.2 Å². The summed E-state index contributed by atoms with van der Waals surface area (Å²) in [7, 11) is 0. The third kappa shape index (κ3) is 5.29. The number of nitrogens with zero attached hydrogens (tertiary/aromatic N) is 3. The molecule has 7 nitrogen and oxygen atoms in total. The van der Waals surface area contributed by atoms with Gasteiger partial charge in [-0.05, 0) is 42.7 Å². The molecule has 3 N–H and O–H groups in total. The molecule has 1 aliphatic rings. The molecule has 0 fully saturated rings. The van der Waals surface area contributed by atoms with Gasteiger partial charge in [-0.25, -0.2) is 9.48 Å². The number of aryl methyl sites for hydroxylation is 1. The van der Waals surface area contributed by atoms with Crippen molar-refractivity contribution in [3.63, 3.8) is 0 Å². The van der Waals surface area contributed by atoms with Gasteiger partial charge in [0.15, 0.2) is 5.69 Å². The normalized spacial score (nSPS) is 15.5. The summed E-state index contributed by atoms with van der Waals surface area (Å²) in [5.74, 6) is -0.894. The average Bonchev–Trinajstić information content (AvgIpc) is 3.22. The van der Waals surface area contributed by atoms with Crippen molar-refractivity contribution in [2.45, 2.75) is 44.9 Å². The molecule has 2 atom stereocenters. The number of aliphatic hydroxyl groups is 1. The van der Waals surface area contributed by atoms with Crippen molar-refractivity contribution in [3.8, 4) is 0 Å². The van der Waals surface area contributed by atoms with Crippen LogP contribution in [0.1, 0.15) is 58.4 Å². The minimum Gasteiger partial charge on any atom is -0.478 e. The van der Waals surface area contributed by atoms with Gasteiger partial charge in [-0.15, -0.1) is 0 Å². The van der Waals surface area contributed by atoms with Crippen LogP contribution in [-0.2, 0) is 19.3 Å². The van der Waals surface area contributed by atoms with E-state index in [1.807, 2.05) is 0 Å². The predicted octanol–water partition coefficient (Wildman–Crippen LogP) is 5.01. The minimum atomic E-state index is -4.77. The molecule has 35 heavy (non-hydrogen) atoms. The molecule has 2 heterocycles. The van der Waals surface area contributed by atoms with Gasteiger partial charge < -0.3 is 15.1 Å². The minimum absolute atomic E-state index is 0.0850. The zero-order chi connectivity index (χ0) is 25.3. The molecule has 0 bridgehead atoms. The van der Waals surface area contributed by atoms with Gasteiger partial charge in [-0.3, -0.25) is 5.32 Å². The van der Waals surface area contributed by atoms with E-state index in [4.69, 9.17) is 16.7 Å². The number of carboxylic acid groups (broad SMARTS) is 1. The molecule has 0 saturated carbocycles. The Morgan fingerprint density at radius 1 is 1.17 bits per heavy atom. The number of benzene rings is 2. The fourth-order valence-corrected chi connectivity index (χ4v) is 4.45. The fraction of sp³-hybridized carbons (Fsp3) is 0.333. The van der Waals surface area contributed by atoms with Gasteiger partial charge in [-0.1, -0.05) is 41.9 Å². The monoisotopic (exact) mass is 508 g/mol. The maximum atomic E-state index is 14.0. The first kappa shape index (κ1) is 25.0. The Morgan fingerprint density at radius 3 is 2.49 bits per heavy atom. The summed E-state index contributed by atoms with van der Waals surface area (Å²) in [4.78, 5) is 12.8. The highest BCUT2D eigenvalue weighted by Crippen LogP contribution is 2.41. The molecule has 1 unspecified atom stereocenters. The number of aromatic nitrogens is 2. The van der Waals surface area contributed by atoms with Crippen molar-refractivity contribution in [1.29, 1.82) is 0 Å². The maximum Gasteiger partial charge on any atom is 0.435 e. The first-order valence-electron chi connectivity index (χ1n) is 11.0. The van der Waals surface area contributed by atoms with E-state index < -0.39 is 30.1 Å². The average molecular weight is 509 g/mol. The van der Waals surface area contributed by atoms with Crippen molar-refractivity contribution in [2.75, 3.05) is 11.4 Å². The topological polar surface area (TPSA) is 90.6 Å². The summed E-state index contributed by atoms with van der Waals surface area (Å²) in [6, 6.07) is 12.4. The summed E-state index contributed by atoms with van der Waals surface area (Å²) >= 11 is 6.29. The highest BCUT2D eigenvalue weighted by atomic mass is 35.5. The molecule has 186 valence electrons. The number of carboxylic acids is 1. The van der Waals surface area contributed by atoms with E-state index in [0.29, 0.717) is 23.6 Å². The second kappa shape index (κ2) is 9.88. The number of aliphatic hydroxyl groups excluding tert-OH is 1. The van der Waals surface area contributed by atoms with Crippen LogP contribution >= 0.6 is 11.6 Å². The molecule has 0 spiro atoms. The van der Waals surface area contributed by atoms with Crippen molar-refractivity contribution >= 4 is 23.4 Å². The molecule has 3 aromatic rings. The van der Waals surface area contributed by atoms with Gasteiger partial charge in [0.05, 0.1) is 11.1 Å². The number of hydrogen-bond acceptors (Lipinski definition) is 5. The third-order valence-electron chi connectivity index (χ3n) is 5.99. The van der Waals surface area contributed by atoms with Crippen molar-refractivity contribution < 1.29 is 28.2 Å². The summed E-state index contributed by atoms with van der Waals surface area (Å²) in [5.41, 5.74) is -0.0544. The summed E-state index contributed by atoms with van der Waals surface area (Å²) in [6.45, 7) is 2.69. The van der Waals surface area contributed by atoms with Crippen LogP contribution in [0.3, 0.4) is 0 Å². The van der Waals surface area contributed by atoms with E-state index in [9.17, 15) is 23.1 Å². The molecule has 1 aromatic heterocycles. The SMILES string of the molecule is C[C@H](NC(O)c1c(C(F)(F)F)nn2c1N(Cc1ccccc1Cl)CCC2)c1ccc(C(=O)O)cc1. The number of hydrogen-bond donors (Lipinski definition) is 3. The van der Waals surface area contributed by atoms with Gasteiger partial charge in [0, 0.05) is 30.7 Å². The molecular weight excluding hydrogens is 485 g/mol. The Morgan fingerprint density at radius 2 is 1.86 bits per heavy atom. The van der Waals surface area contributed by atoms with Crippen LogP contribution in [0.4, 0.5) is 19.0 Å². The maximum absolute atomic E-state index is 14.0.